The zero-order chi connectivity index (χ0) is 14.1. The second-order valence-electron chi connectivity index (χ2n) is 4.24. The Morgan fingerprint density at radius 1 is 1.16 bits per heavy atom. The largest absolute Gasteiger partial charge is 0.395 e. The van der Waals surface area contributed by atoms with Crippen molar-refractivity contribution in [3.05, 3.63) is 29.8 Å². The van der Waals surface area contributed by atoms with Gasteiger partial charge in [0.2, 0.25) is 0 Å². The molecule has 1 aromatic carbocycles. The Morgan fingerprint density at radius 2 is 1.74 bits per heavy atom. The zero-order valence-electron chi connectivity index (χ0n) is 11.3. The van der Waals surface area contributed by atoms with Crippen molar-refractivity contribution in [2.75, 3.05) is 38.2 Å². The van der Waals surface area contributed by atoms with Gasteiger partial charge in [-0.1, -0.05) is 6.92 Å². The SMILES string of the molecule is CCCNc1ccc(C(=O)N(CCO)CCO)cc1. The minimum Gasteiger partial charge on any atom is -0.395 e. The third kappa shape index (κ3) is 4.89. The molecule has 0 spiro atoms. The molecule has 0 aliphatic heterocycles. The van der Waals surface area contributed by atoms with Crippen molar-refractivity contribution in [2.24, 2.45) is 0 Å². The minimum absolute atomic E-state index is 0.109. The van der Waals surface area contributed by atoms with E-state index < -0.39 is 0 Å². The van der Waals surface area contributed by atoms with Crippen molar-refractivity contribution in [1.82, 2.24) is 4.90 Å². The average Bonchev–Trinajstić information content (AvgIpc) is 2.44. The van der Waals surface area contributed by atoms with Crippen LogP contribution in [-0.4, -0.2) is 53.9 Å². The number of hydrogen-bond donors (Lipinski definition) is 3. The molecule has 106 valence electrons. The molecular weight excluding hydrogens is 244 g/mol. The highest BCUT2D eigenvalue weighted by Gasteiger charge is 2.14. The molecular formula is C14H22N2O3. The standard InChI is InChI=1S/C14H22N2O3/c1-2-7-15-13-5-3-12(4-6-13)14(19)16(8-10-17)9-11-18/h3-6,15,17-18H,2,7-11H2,1H3. The summed E-state index contributed by atoms with van der Waals surface area (Å²) >= 11 is 0. The smallest absolute Gasteiger partial charge is 0.254 e. The third-order valence-corrected chi connectivity index (χ3v) is 2.74. The van der Waals surface area contributed by atoms with E-state index >= 15 is 0 Å². The number of anilines is 1. The van der Waals surface area contributed by atoms with Crippen molar-refractivity contribution < 1.29 is 15.0 Å². The summed E-state index contributed by atoms with van der Waals surface area (Å²) in [7, 11) is 0. The van der Waals surface area contributed by atoms with E-state index in [1.807, 2.05) is 12.1 Å². The molecule has 0 saturated heterocycles. The normalized spacial score (nSPS) is 10.3. The van der Waals surface area contributed by atoms with Crippen molar-refractivity contribution in [1.29, 1.82) is 0 Å². The van der Waals surface area contributed by atoms with Gasteiger partial charge in [0.25, 0.3) is 5.91 Å². The van der Waals surface area contributed by atoms with Crippen LogP contribution in [0, 0.1) is 0 Å². The summed E-state index contributed by atoms with van der Waals surface area (Å²) in [6.07, 6.45) is 1.04. The molecule has 5 heteroatoms. The fourth-order valence-corrected chi connectivity index (χ4v) is 1.74. The molecule has 0 heterocycles. The highest BCUT2D eigenvalue weighted by molar-refractivity contribution is 5.94. The third-order valence-electron chi connectivity index (χ3n) is 2.74. The molecule has 1 aromatic rings. The number of hydrogen-bond acceptors (Lipinski definition) is 4. The molecule has 0 aliphatic rings. The molecule has 5 nitrogen and oxygen atoms in total. The lowest BCUT2D eigenvalue weighted by atomic mass is 10.1. The van der Waals surface area contributed by atoms with Gasteiger partial charge in [0.15, 0.2) is 0 Å². The Kier molecular flexibility index (Phi) is 6.92. The first-order valence-corrected chi connectivity index (χ1v) is 6.57. The van der Waals surface area contributed by atoms with Crippen LogP contribution in [0.5, 0.6) is 0 Å². The van der Waals surface area contributed by atoms with Gasteiger partial charge in [0, 0.05) is 30.9 Å². The lowest BCUT2D eigenvalue weighted by Gasteiger charge is -2.20. The Bertz CT molecular complexity index is 373. The molecule has 0 bridgehead atoms. The molecule has 0 aromatic heterocycles. The number of rotatable bonds is 8. The predicted octanol–water partition coefficient (Wildman–Crippen LogP) is 0.935. The summed E-state index contributed by atoms with van der Waals surface area (Å²) in [6, 6.07) is 7.22. The van der Waals surface area contributed by atoms with E-state index in [-0.39, 0.29) is 32.2 Å². The first-order valence-electron chi connectivity index (χ1n) is 6.57. The number of amides is 1. The number of aliphatic hydroxyl groups is 2. The molecule has 0 saturated carbocycles. The van der Waals surface area contributed by atoms with Gasteiger partial charge >= 0.3 is 0 Å². The van der Waals surface area contributed by atoms with Gasteiger partial charge in [-0.3, -0.25) is 4.79 Å². The number of aliphatic hydroxyl groups excluding tert-OH is 2. The van der Waals surface area contributed by atoms with Crippen LogP contribution < -0.4 is 5.32 Å². The van der Waals surface area contributed by atoms with Gasteiger partial charge in [0.1, 0.15) is 0 Å². The number of benzene rings is 1. The van der Waals surface area contributed by atoms with E-state index in [0.29, 0.717) is 5.56 Å². The second kappa shape index (κ2) is 8.50. The van der Waals surface area contributed by atoms with Crippen molar-refractivity contribution in [3.63, 3.8) is 0 Å². The Morgan fingerprint density at radius 3 is 2.21 bits per heavy atom. The van der Waals surface area contributed by atoms with E-state index in [9.17, 15) is 4.79 Å². The van der Waals surface area contributed by atoms with Crippen LogP contribution in [0.15, 0.2) is 24.3 Å². The maximum atomic E-state index is 12.1. The van der Waals surface area contributed by atoms with Gasteiger partial charge in [-0.25, -0.2) is 0 Å². The van der Waals surface area contributed by atoms with E-state index in [4.69, 9.17) is 10.2 Å². The Labute approximate surface area is 113 Å². The summed E-state index contributed by atoms with van der Waals surface area (Å²) in [4.78, 5) is 13.6. The summed E-state index contributed by atoms with van der Waals surface area (Å²) in [5.41, 5.74) is 1.54. The molecule has 0 atom stereocenters. The zero-order valence-corrected chi connectivity index (χ0v) is 11.3. The number of nitrogens with one attached hydrogen (secondary N) is 1. The molecule has 19 heavy (non-hydrogen) atoms. The van der Waals surface area contributed by atoms with Gasteiger partial charge in [-0.05, 0) is 30.7 Å². The van der Waals surface area contributed by atoms with Crippen LogP contribution >= 0.6 is 0 Å². The quantitative estimate of drug-likeness (QED) is 0.654. The minimum atomic E-state index is -0.176. The summed E-state index contributed by atoms with van der Waals surface area (Å²) in [5, 5.41) is 21.1. The molecule has 3 N–H and O–H groups in total. The van der Waals surface area contributed by atoms with E-state index in [1.165, 1.54) is 4.90 Å². The lowest BCUT2D eigenvalue weighted by Crippen LogP contribution is -2.35. The summed E-state index contributed by atoms with van der Waals surface area (Å²) in [6.45, 7) is 3.23. The van der Waals surface area contributed by atoms with Gasteiger partial charge in [-0.15, -0.1) is 0 Å². The second-order valence-corrected chi connectivity index (χ2v) is 4.24. The fourth-order valence-electron chi connectivity index (χ4n) is 1.74. The first kappa shape index (κ1) is 15.5. The van der Waals surface area contributed by atoms with Gasteiger partial charge in [0.05, 0.1) is 13.2 Å². The predicted molar refractivity (Wildman–Crippen MR) is 75.3 cm³/mol. The van der Waals surface area contributed by atoms with Crippen LogP contribution in [0.2, 0.25) is 0 Å². The molecule has 0 radical (unpaired) electrons. The van der Waals surface area contributed by atoms with Gasteiger partial charge in [-0.2, -0.15) is 0 Å². The van der Waals surface area contributed by atoms with Gasteiger partial charge < -0.3 is 20.4 Å². The van der Waals surface area contributed by atoms with Crippen molar-refractivity contribution in [3.8, 4) is 0 Å². The molecule has 1 amide bonds. The topological polar surface area (TPSA) is 72.8 Å². The fraction of sp³-hybridized carbons (Fsp3) is 0.500. The van der Waals surface area contributed by atoms with E-state index in [0.717, 1.165) is 18.7 Å². The highest BCUT2D eigenvalue weighted by atomic mass is 16.3. The molecule has 0 unspecified atom stereocenters. The summed E-state index contributed by atoms with van der Waals surface area (Å²) in [5.74, 6) is -0.176. The molecule has 1 rings (SSSR count). The maximum Gasteiger partial charge on any atom is 0.254 e. The maximum absolute atomic E-state index is 12.1. The molecule has 0 fully saturated rings. The van der Waals surface area contributed by atoms with Crippen LogP contribution in [0.25, 0.3) is 0 Å². The first-order chi connectivity index (χ1) is 9.22. The van der Waals surface area contributed by atoms with Crippen LogP contribution in [-0.2, 0) is 0 Å². The van der Waals surface area contributed by atoms with Crippen LogP contribution in [0.1, 0.15) is 23.7 Å². The monoisotopic (exact) mass is 266 g/mol. The molecule has 0 aliphatic carbocycles. The Balaban J connectivity index is 2.69. The van der Waals surface area contributed by atoms with Crippen molar-refractivity contribution in [2.45, 2.75) is 13.3 Å². The Hall–Kier alpha value is -1.59. The van der Waals surface area contributed by atoms with Crippen LogP contribution in [0.4, 0.5) is 5.69 Å². The highest BCUT2D eigenvalue weighted by Crippen LogP contribution is 2.11. The van der Waals surface area contributed by atoms with Crippen molar-refractivity contribution >= 4 is 11.6 Å². The number of carbonyl (C=O) groups excluding carboxylic acids is 1. The number of nitrogens with zero attached hydrogens (tertiary/aromatic N) is 1. The van der Waals surface area contributed by atoms with Crippen LogP contribution in [0.3, 0.4) is 0 Å². The average molecular weight is 266 g/mol. The summed E-state index contributed by atoms with van der Waals surface area (Å²) < 4.78 is 0. The lowest BCUT2D eigenvalue weighted by molar-refractivity contribution is 0.0685. The number of carbonyl (C=O) groups is 1. The van der Waals surface area contributed by atoms with E-state index in [2.05, 4.69) is 12.2 Å². The van der Waals surface area contributed by atoms with E-state index in [1.54, 1.807) is 12.1 Å².